The maximum atomic E-state index is 10.4. The summed E-state index contributed by atoms with van der Waals surface area (Å²) in [5.41, 5.74) is 0. The van der Waals surface area contributed by atoms with Gasteiger partial charge in [0.15, 0.2) is 0 Å². The van der Waals surface area contributed by atoms with Gasteiger partial charge in [-0.25, -0.2) is 4.79 Å². The molecule has 0 aromatic carbocycles. The van der Waals surface area contributed by atoms with E-state index in [0.29, 0.717) is 19.3 Å². The molecule has 0 radical (unpaired) electrons. The molecule has 9 heteroatoms. The van der Waals surface area contributed by atoms with Crippen LogP contribution in [0, 0.1) is 0 Å². The van der Waals surface area contributed by atoms with Gasteiger partial charge in [0.2, 0.25) is 5.91 Å². The van der Waals surface area contributed by atoms with Gasteiger partial charge in [-0.05, 0) is 12.8 Å². The van der Waals surface area contributed by atoms with Crippen molar-refractivity contribution in [3.8, 4) is 0 Å². The van der Waals surface area contributed by atoms with Gasteiger partial charge in [0.1, 0.15) is 12.1 Å². The van der Waals surface area contributed by atoms with Crippen LogP contribution in [0.15, 0.2) is 0 Å². The van der Waals surface area contributed by atoms with Crippen molar-refractivity contribution in [1.82, 2.24) is 5.32 Å². The van der Waals surface area contributed by atoms with Crippen LogP contribution in [0.4, 0.5) is 0 Å². The van der Waals surface area contributed by atoms with Crippen LogP contribution in [0.2, 0.25) is 0 Å². The molecule has 0 aromatic heterocycles. The van der Waals surface area contributed by atoms with Crippen LogP contribution in [0.25, 0.3) is 0 Å². The summed E-state index contributed by atoms with van der Waals surface area (Å²) >= 11 is 0. The summed E-state index contributed by atoms with van der Waals surface area (Å²) in [5, 5.41) is 43.2. The Hall–Kier alpha value is -1.71. The molecule has 232 valence electrons. The number of carbonyl (C=O) groups is 3. The largest absolute Gasteiger partial charge is 0.481 e. The number of rotatable bonds is 23. The van der Waals surface area contributed by atoms with Gasteiger partial charge >= 0.3 is 11.9 Å². The molecule has 9 nitrogen and oxygen atoms in total. The minimum Gasteiger partial charge on any atom is -0.481 e. The van der Waals surface area contributed by atoms with E-state index in [1.165, 1.54) is 109 Å². The Morgan fingerprint density at radius 1 is 0.718 bits per heavy atom. The second kappa shape index (κ2) is 30.8. The smallest absolute Gasteiger partial charge is 0.326 e. The van der Waals surface area contributed by atoms with Gasteiger partial charge in [-0.3, -0.25) is 9.59 Å². The van der Waals surface area contributed by atoms with Gasteiger partial charge < -0.3 is 30.8 Å². The number of hydrogen-bond acceptors (Lipinski definition) is 6. The van der Waals surface area contributed by atoms with E-state index in [1.807, 2.05) is 0 Å². The molecule has 1 aliphatic heterocycles. The second-order valence-electron chi connectivity index (χ2n) is 10.5. The standard InChI is InChI=1S/C22H44O2.C5H7NO3.C3H8O3/c1-2-3-4-5-6-7-8-9-10-11-12-13-14-15-16-17-18-19-20-21-22(23)24;7-4-2-1-3(6-4)5(8)9;4-1-3(6)2-5/h2-21H2,1H3,(H,23,24);3H,1-2H2,(H,6,7)(H,8,9);3-6H,1-2H2/t;3-;/m.0./s1. The predicted octanol–water partition coefficient (Wildman–Crippen LogP) is 5.57. The molecule has 1 saturated heterocycles. The fourth-order valence-electron chi connectivity index (χ4n) is 4.21. The number of amides is 1. The van der Waals surface area contributed by atoms with Crippen molar-refractivity contribution < 1.29 is 39.9 Å². The fourth-order valence-corrected chi connectivity index (χ4v) is 4.21. The second-order valence-corrected chi connectivity index (χ2v) is 10.5. The SMILES string of the molecule is CCCCCCCCCCCCCCCCCCCCCC(=O)O.O=C1CC[C@@H](C(=O)O)N1.OCC(O)CO. The third-order valence-corrected chi connectivity index (χ3v) is 6.71. The molecular weight excluding hydrogens is 502 g/mol. The summed E-state index contributed by atoms with van der Waals surface area (Å²) in [7, 11) is 0. The summed E-state index contributed by atoms with van der Waals surface area (Å²) in [6.45, 7) is 1.55. The third-order valence-electron chi connectivity index (χ3n) is 6.71. The van der Waals surface area contributed by atoms with Gasteiger partial charge in [0.05, 0.1) is 13.2 Å². The van der Waals surface area contributed by atoms with E-state index in [4.69, 9.17) is 25.5 Å². The first-order valence-corrected chi connectivity index (χ1v) is 15.4. The Morgan fingerprint density at radius 2 is 1.08 bits per heavy atom. The number of aliphatic hydroxyl groups excluding tert-OH is 3. The third kappa shape index (κ3) is 32.4. The van der Waals surface area contributed by atoms with Crippen molar-refractivity contribution in [3.05, 3.63) is 0 Å². The summed E-state index contributed by atoms with van der Waals surface area (Å²) in [4.78, 5) is 30.9. The van der Waals surface area contributed by atoms with Crippen LogP contribution in [-0.2, 0) is 14.4 Å². The van der Waals surface area contributed by atoms with E-state index >= 15 is 0 Å². The highest BCUT2D eigenvalue weighted by Crippen LogP contribution is 2.14. The van der Waals surface area contributed by atoms with E-state index in [1.54, 1.807) is 0 Å². The highest BCUT2D eigenvalue weighted by molar-refractivity contribution is 5.87. The predicted molar refractivity (Wildman–Crippen MR) is 155 cm³/mol. The lowest BCUT2D eigenvalue weighted by Crippen LogP contribution is -2.32. The van der Waals surface area contributed by atoms with E-state index in [0.717, 1.165) is 12.8 Å². The molecule has 0 aromatic rings. The molecule has 0 saturated carbocycles. The lowest BCUT2D eigenvalue weighted by Gasteiger charge is -2.03. The van der Waals surface area contributed by atoms with Crippen molar-refractivity contribution in [2.24, 2.45) is 0 Å². The molecular formula is C30H59NO8. The highest BCUT2D eigenvalue weighted by atomic mass is 16.4. The highest BCUT2D eigenvalue weighted by Gasteiger charge is 2.26. The maximum Gasteiger partial charge on any atom is 0.326 e. The summed E-state index contributed by atoms with van der Waals surface area (Å²) in [5.74, 6) is -1.76. The fraction of sp³-hybridized carbons (Fsp3) is 0.900. The average Bonchev–Trinajstić information content (AvgIpc) is 3.36. The van der Waals surface area contributed by atoms with E-state index in [9.17, 15) is 14.4 Å². The summed E-state index contributed by atoms with van der Waals surface area (Å²) < 4.78 is 0. The van der Waals surface area contributed by atoms with Crippen LogP contribution in [0.1, 0.15) is 148 Å². The van der Waals surface area contributed by atoms with Gasteiger partial charge in [-0.1, -0.05) is 122 Å². The molecule has 39 heavy (non-hydrogen) atoms. The molecule has 1 heterocycles. The van der Waals surface area contributed by atoms with Crippen LogP contribution >= 0.6 is 0 Å². The number of carboxylic acids is 2. The quantitative estimate of drug-likeness (QED) is 0.0881. The molecule has 1 fully saturated rings. The molecule has 1 aliphatic rings. The van der Waals surface area contributed by atoms with Gasteiger partial charge in [0.25, 0.3) is 0 Å². The van der Waals surface area contributed by atoms with Crippen molar-refractivity contribution >= 4 is 17.8 Å². The number of hydrogen-bond donors (Lipinski definition) is 6. The first-order chi connectivity index (χ1) is 18.8. The van der Waals surface area contributed by atoms with Gasteiger partial charge in [-0.15, -0.1) is 0 Å². The number of aliphatic hydroxyl groups is 3. The number of nitrogens with one attached hydrogen (secondary N) is 1. The van der Waals surface area contributed by atoms with E-state index in [2.05, 4.69) is 12.2 Å². The normalized spacial score (nSPS) is 14.3. The summed E-state index contributed by atoms with van der Waals surface area (Å²) in [6.07, 6.45) is 25.9. The first-order valence-electron chi connectivity index (χ1n) is 15.4. The molecule has 1 atom stereocenters. The zero-order chi connectivity index (χ0) is 29.6. The van der Waals surface area contributed by atoms with Crippen molar-refractivity contribution in [1.29, 1.82) is 0 Å². The molecule has 1 amide bonds. The Balaban J connectivity index is 0. The maximum absolute atomic E-state index is 10.4. The number of carbonyl (C=O) groups excluding carboxylic acids is 1. The van der Waals surface area contributed by atoms with Crippen LogP contribution in [0.3, 0.4) is 0 Å². The Labute approximate surface area is 236 Å². The van der Waals surface area contributed by atoms with Crippen molar-refractivity contribution in [2.45, 2.75) is 160 Å². The van der Waals surface area contributed by atoms with Crippen LogP contribution in [0.5, 0.6) is 0 Å². The molecule has 0 bridgehead atoms. The number of aliphatic carboxylic acids is 2. The number of unbranched alkanes of at least 4 members (excludes halogenated alkanes) is 18. The lowest BCUT2D eigenvalue weighted by molar-refractivity contribution is -0.140. The molecule has 1 rings (SSSR count). The lowest BCUT2D eigenvalue weighted by atomic mass is 10.0. The molecule has 0 aliphatic carbocycles. The van der Waals surface area contributed by atoms with Gasteiger partial charge in [0, 0.05) is 12.8 Å². The molecule has 6 N–H and O–H groups in total. The van der Waals surface area contributed by atoms with Crippen LogP contribution < -0.4 is 5.32 Å². The Bertz CT molecular complexity index is 569. The van der Waals surface area contributed by atoms with E-state index in [-0.39, 0.29) is 19.1 Å². The van der Waals surface area contributed by atoms with E-state index < -0.39 is 24.1 Å². The number of carboxylic acid groups (broad SMARTS) is 2. The monoisotopic (exact) mass is 561 g/mol. The first kappa shape index (κ1) is 39.4. The Kier molecular flexibility index (Phi) is 31.2. The summed E-state index contributed by atoms with van der Waals surface area (Å²) in [6, 6.07) is -0.641. The van der Waals surface area contributed by atoms with Crippen LogP contribution in [-0.4, -0.2) is 68.7 Å². The van der Waals surface area contributed by atoms with Crippen molar-refractivity contribution in [3.63, 3.8) is 0 Å². The minimum absolute atomic E-state index is 0.164. The Morgan fingerprint density at radius 3 is 1.28 bits per heavy atom. The zero-order valence-corrected chi connectivity index (χ0v) is 24.6. The zero-order valence-electron chi connectivity index (χ0n) is 24.6. The van der Waals surface area contributed by atoms with Gasteiger partial charge in [-0.2, -0.15) is 0 Å². The molecule has 0 unspecified atom stereocenters. The average molecular weight is 562 g/mol. The van der Waals surface area contributed by atoms with Crippen molar-refractivity contribution in [2.75, 3.05) is 13.2 Å². The minimum atomic E-state index is -0.954. The molecule has 0 spiro atoms. The topological polar surface area (TPSA) is 164 Å².